The summed E-state index contributed by atoms with van der Waals surface area (Å²) in [7, 11) is 1.68. The molecule has 1 atom stereocenters. The fourth-order valence-corrected chi connectivity index (χ4v) is 4.30. The van der Waals surface area contributed by atoms with Crippen LogP contribution in [0.1, 0.15) is 19.3 Å². The van der Waals surface area contributed by atoms with Gasteiger partial charge in [0.25, 0.3) is 0 Å². The van der Waals surface area contributed by atoms with E-state index in [1.54, 1.807) is 7.11 Å². The van der Waals surface area contributed by atoms with Gasteiger partial charge in [-0.25, -0.2) is 0 Å². The predicted molar refractivity (Wildman–Crippen MR) is 114 cm³/mol. The first-order chi connectivity index (χ1) is 11.6. The molecule has 0 spiro atoms. The molecule has 26 heavy (non-hydrogen) atoms. The van der Waals surface area contributed by atoms with Gasteiger partial charge in [0.2, 0.25) is 5.91 Å². The molecule has 148 valence electrons. The Kier molecular flexibility index (Phi) is 9.69. The molecule has 0 radical (unpaired) electrons. The molecule has 0 aliphatic carbocycles. The summed E-state index contributed by atoms with van der Waals surface area (Å²) < 4.78 is 6.47. The molecule has 5 nitrogen and oxygen atoms in total. The van der Waals surface area contributed by atoms with Crippen LogP contribution >= 0.6 is 40.7 Å². The number of hydrogen-bond donors (Lipinski definition) is 2. The van der Waals surface area contributed by atoms with E-state index in [4.69, 9.17) is 4.74 Å². The first kappa shape index (κ1) is 23.5. The molecule has 2 aliphatic heterocycles. The quantitative estimate of drug-likeness (QED) is 0.697. The lowest BCUT2D eigenvalue weighted by Crippen LogP contribution is -2.52. The van der Waals surface area contributed by atoms with Crippen LogP contribution in [0.4, 0.5) is 5.69 Å². The van der Waals surface area contributed by atoms with Crippen molar-refractivity contribution in [2.24, 2.45) is 5.41 Å². The van der Waals surface area contributed by atoms with E-state index >= 15 is 0 Å². The number of rotatable bonds is 5. The van der Waals surface area contributed by atoms with E-state index in [0.717, 1.165) is 49.9 Å². The third-order valence-electron chi connectivity index (χ3n) is 5.18. The highest BCUT2D eigenvalue weighted by molar-refractivity contribution is 9.10. The zero-order chi connectivity index (χ0) is 17.0. The zero-order valence-electron chi connectivity index (χ0n) is 15.0. The van der Waals surface area contributed by atoms with Gasteiger partial charge in [-0.15, -0.1) is 24.8 Å². The van der Waals surface area contributed by atoms with Gasteiger partial charge in [-0.2, -0.15) is 0 Å². The number of methoxy groups -OCH3 is 1. The van der Waals surface area contributed by atoms with Gasteiger partial charge in [-0.05, 0) is 60.4 Å². The minimum absolute atomic E-state index is 0. The van der Waals surface area contributed by atoms with Crippen molar-refractivity contribution in [1.29, 1.82) is 0 Å². The van der Waals surface area contributed by atoms with Gasteiger partial charge in [-0.1, -0.05) is 12.1 Å². The lowest BCUT2D eigenvalue weighted by Gasteiger charge is -2.36. The molecule has 1 amide bonds. The van der Waals surface area contributed by atoms with Gasteiger partial charge < -0.3 is 20.3 Å². The summed E-state index contributed by atoms with van der Waals surface area (Å²) in [5.41, 5.74) is 0.823. The molecule has 0 aromatic heterocycles. The normalized spacial score (nSPS) is 21.5. The van der Waals surface area contributed by atoms with Crippen molar-refractivity contribution in [3.63, 3.8) is 0 Å². The van der Waals surface area contributed by atoms with E-state index in [2.05, 4.69) is 49.7 Å². The number of para-hydroxylation sites is 1. The Morgan fingerprint density at radius 3 is 2.69 bits per heavy atom. The highest BCUT2D eigenvalue weighted by Crippen LogP contribution is 2.31. The summed E-state index contributed by atoms with van der Waals surface area (Å²) in [5.74, 6) is 0.157. The van der Waals surface area contributed by atoms with E-state index in [1.807, 2.05) is 6.07 Å². The number of anilines is 1. The lowest BCUT2D eigenvalue weighted by atomic mass is 9.78. The van der Waals surface area contributed by atoms with Crippen LogP contribution in [0.25, 0.3) is 0 Å². The van der Waals surface area contributed by atoms with Crippen molar-refractivity contribution < 1.29 is 9.53 Å². The van der Waals surface area contributed by atoms with Crippen LogP contribution in [0, 0.1) is 5.41 Å². The number of nitrogens with one attached hydrogen (secondary N) is 2. The molecule has 0 bridgehead atoms. The molecule has 2 fully saturated rings. The van der Waals surface area contributed by atoms with Gasteiger partial charge in [0.05, 0.1) is 17.7 Å². The van der Waals surface area contributed by atoms with Crippen LogP contribution in [0.15, 0.2) is 28.7 Å². The summed E-state index contributed by atoms with van der Waals surface area (Å²) >= 11 is 3.62. The fourth-order valence-electron chi connectivity index (χ4n) is 3.76. The highest BCUT2D eigenvalue weighted by Gasteiger charge is 2.41. The lowest BCUT2D eigenvalue weighted by molar-refractivity contribution is -0.136. The van der Waals surface area contributed by atoms with Crippen molar-refractivity contribution in [2.75, 3.05) is 44.8 Å². The second kappa shape index (κ2) is 10.7. The fraction of sp³-hybridized carbons (Fsp3) is 0.611. The van der Waals surface area contributed by atoms with E-state index in [9.17, 15) is 4.79 Å². The number of halogens is 3. The summed E-state index contributed by atoms with van der Waals surface area (Å²) in [6.45, 7) is 4.08. The molecule has 8 heteroatoms. The van der Waals surface area contributed by atoms with Crippen molar-refractivity contribution in [3.05, 3.63) is 28.7 Å². The SMILES string of the molecule is COCC1(C(=O)NC2CCN(c3ccccc3Br)C2)CCNCC1.Cl.Cl. The van der Waals surface area contributed by atoms with Gasteiger partial charge in [0.1, 0.15) is 0 Å². The van der Waals surface area contributed by atoms with Crippen LogP contribution in [0.2, 0.25) is 0 Å². The molecule has 2 saturated heterocycles. The standard InChI is InChI=1S/C18H26BrN3O2.2ClH/c1-24-13-18(7-9-20-10-8-18)17(23)21-14-6-11-22(12-14)16-5-3-2-4-15(16)19;;/h2-5,14,20H,6-13H2,1H3,(H,21,23);2*1H. The Labute approximate surface area is 176 Å². The minimum atomic E-state index is -0.374. The van der Waals surface area contributed by atoms with Crippen molar-refractivity contribution in [3.8, 4) is 0 Å². The second-order valence-electron chi connectivity index (χ2n) is 6.82. The summed E-state index contributed by atoms with van der Waals surface area (Å²) in [6, 6.07) is 8.45. The number of benzene rings is 1. The smallest absolute Gasteiger partial charge is 0.228 e. The van der Waals surface area contributed by atoms with Gasteiger partial charge in [-0.3, -0.25) is 4.79 Å². The first-order valence-corrected chi connectivity index (χ1v) is 9.44. The third-order valence-corrected chi connectivity index (χ3v) is 5.85. The van der Waals surface area contributed by atoms with Crippen molar-refractivity contribution >= 4 is 52.3 Å². The van der Waals surface area contributed by atoms with E-state index in [1.165, 1.54) is 5.69 Å². The number of amides is 1. The molecular formula is C18H28BrCl2N3O2. The molecular weight excluding hydrogens is 441 g/mol. The summed E-state index contributed by atoms with van der Waals surface area (Å²) in [4.78, 5) is 15.3. The Hall–Kier alpha value is -0.530. The van der Waals surface area contributed by atoms with Crippen molar-refractivity contribution in [1.82, 2.24) is 10.6 Å². The molecule has 1 unspecified atom stereocenters. The Morgan fingerprint density at radius 2 is 2.04 bits per heavy atom. The van der Waals surface area contributed by atoms with Gasteiger partial charge in [0, 0.05) is 30.7 Å². The Bertz CT molecular complexity index is 580. The van der Waals surface area contributed by atoms with Gasteiger partial charge in [0.15, 0.2) is 0 Å². The van der Waals surface area contributed by atoms with Gasteiger partial charge >= 0.3 is 0 Å². The average Bonchev–Trinajstić information content (AvgIpc) is 3.04. The average molecular weight is 469 g/mol. The zero-order valence-corrected chi connectivity index (χ0v) is 18.2. The maximum Gasteiger partial charge on any atom is 0.228 e. The molecule has 3 rings (SSSR count). The van der Waals surface area contributed by atoms with Crippen LogP contribution in [0.5, 0.6) is 0 Å². The minimum Gasteiger partial charge on any atom is -0.384 e. The Morgan fingerprint density at radius 1 is 1.35 bits per heavy atom. The van der Waals surface area contributed by atoms with Crippen LogP contribution in [-0.2, 0) is 9.53 Å². The van der Waals surface area contributed by atoms with E-state index in [0.29, 0.717) is 6.61 Å². The van der Waals surface area contributed by atoms with Crippen LogP contribution in [-0.4, -0.2) is 51.8 Å². The van der Waals surface area contributed by atoms with Crippen LogP contribution in [0.3, 0.4) is 0 Å². The highest BCUT2D eigenvalue weighted by atomic mass is 79.9. The molecule has 2 N–H and O–H groups in total. The molecule has 1 aromatic carbocycles. The first-order valence-electron chi connectivity index (χ1n) is 8.65. The monoisotopic (exact) mass is 467 g/mol. The molecule has 2 aliphatic rings. The van der Waals surface area contributed by atoms with Crippen molar-refractivity contribution in [2.45, 2.75) is 25.3 Å². The molecule has 0 saturated carbocycles. The number of ether oxygens (including phenoxy) is 1. The maximum absolute atomic E-state index is 12.9. The molecule has 2 heterocycles. The topological polar surface area (TPSA) is 53.6 Å². The number of piperidine rings is 1. The largest absolute Gasteiger partial charge is 0.384 e. The number of hydrogen-bond acceptors (Lipinski definition) is 4. The molecule has 1 aromatic rings. The predicted octanol–water partition coefficient (Wildman–Crippen LogP) is 3.00. The maximum atomic E-state index is 12.9. The number of carbonyl (C=O) groups excluding carboxylic acids is 1. The third kappa shape index (κ3) is 5.26. The number of nitrogens with zero attached hydrogens (tertiary/aromatic N) is 1. The second-order valence-corrected chi connectivity index (χ2v) is 7.67. The summed E-state index contributed by atoms with van der Waals surface area (Å²) in [5, 5.41) is 6.62. The number of carbonyl (C=O) groups is 1. The van der Waals surface area contributed by atoms with Crippen LogP contribution < -0.4 is 15.5 Å². The van der Waals surface area contributed by atoms with E-state index < -0.39 is 0 Å². The summed E-state index contributed by atoms with van der Waals surface area (Å²) in [6.07, 6.45) is 2.66. The van der Waals surface area contributed by atoms with E-state index in [-0.39, 0.29) is 42.2 Å². The Balaban J connectivity index is 0.00000169.